The zero-order valence-corrected chi connectivity index (χ0v) is 6.88. The lowest BCUT2D eigenvalue weighted by Crippen LogP contribution is -2.77. The molecule has 0 fully saturated rings. The number of nitrogens with zero attached hydrogens (tertiary/aromatic N) is 1. The van der Waals surface area contributed by atoms with E-state index in [-0.39, 0.29) is 0 Å². The molecule has 2 heteroatoms. The molecule has 0 saturated heterocycles. The van der Waals surface area contributed by atoms with E-state index in [1.54, 1.807) is 0 Å². The highest BCUT2D eigenvalue weighted by Crippen LogP contribution is 2.01. The Bertz CT molecular complexity index is 221. The normalized spacial score (nSPS) is 10.0. The van der Waals surface area contributed by atoms with Gasteiger partial charge in [-0.2, -0.15) is 7.05 Å². The molecule has 2 nitrogen and oxygen atoms in total. The maximum atomic E-state index is 4.27. The molecule has 11 heavy (non-hydrogen) atoms. The van der Waals surface area contributed by atoms with Crippen molar-refractivity contribution in [3.05, 3.63) is 36.6 Å². The van der Waals surface area contributed by atoms with E-state index in [1.807, 2.05) is 17.6 Å². The van der Waals surface area contributed by atoms with Gasteiger partial charge in [0.05, 0.1) is 6.54 Å². The fourth-order valence-electron chi connectivity index (χ4n) is 1.02. The minimum atomic E-state index is 1.01. The summed E-state index contributed by atoms with van der Waals surface area (Å²) in [6.45, 7) is 3.10. The molecule has 0 amide bonds. The Morgan fingerprint density at radius 1 is 1.64 bits per heavy atom. The summed E-state index contributed by atoms with van der Waals surface area (Å²) in [6.07, 6.45) is 2.85. The van der Waals surface area contributed by atoms with Crippen molar-refractivity contribution in [3.63, 3.8) is 0 Å². The van der Waals surface area contributed by atoms with Gasteiger partial charge in [-0.1, -0.05) is 6.07 Å². The van der Waals surface area contributed by atoms with Crippen molar-refractivity contribution < 1.29 is 5.32 Å². The highest BCUT2D eigenvalue weighted by Gasteiger charge is 1.96. The Morgan fingerprint density at radius 3 is 3.09 bits per heavy atom. The highest BCUT2D eigenvalue weighted by molar-refractivity contribution is 5.17. The average molecular weight is 150 g/mol. The SMILES string of the molecule is [CH2-][NH2+]CCc1ncccc1C. The number of hydrogen-bond acceptors (Lipinski definition) is 1. The molecule has 1 heterocycles. The topological polar surface area (TPSA) is 29.5 Å². The quantitative estimate of drug-likeness (QED) is 0.616. The van der Waals surface area contributed by atoms with Crippen LogP contribution in [0.3, 0.4) is 0 Å². The second-order valence-electron chi connectivity index (χ2n) is 2.59. The molecule has 0 saturated carbocycles. The molecule has 1 aromatic heterocycles. The number of aromatic nitrogens is 1. The number of aryl methyl sites for hydroxylation is 1. The third-order valence-corrected chi connectivity index (χ3v) is 1.70. The van der Waals surface area contributed by atoms with Gasteiger partial charge in [0.1, 0.15) is 0 Å². The predicted molar refractivity (Wildman–Crippen MR) is 44.8 cm³/mol. The molecule has 1 rings (SSSR count). The van der Waals surface area contributed by atoms with Crippen LogP contribution in [0.25, 0.3) is 0 Å². The predicted octanol–water partition coefficient (Wildman–Crippen LogP) is 0.288. The minimum absolute atomic E-state index is 1.01. The van der Waals surface area contributed by atoms with Gasteiger partial charge in [0.15, 0.2) is 0 Å². The Kier molecular flexibility index (Phi) is 3.05. The maximum Gasteiger partial charge on any atom is 0.0571 e. The third kappa shape index (κ3) is 2.31. The van der Waals surface area contributed by atoms with Crippen LogP contribution in [-0.4, -0.2) is 11.5 Å². The highest BCUT2D eigenvalue weighted by atomic mass is 14.8. The van der Waals surface area contributed by atoms with Gasteiger partial charge in [-0.3, -0.25) is 4.98 Å². The van der Waals surface area contributed by atoms with E-state index in [0.29, 0.717) is 0 Å². The number of quaternary nitrogens is 1. The van der Waals surface area contributed by atoms with Crippen molar-refractivity contribution in [1.29, 1.82) is 0 Å². The van der Waals surface area contributed by atoms with Gasteiger partial charge in [-0.05, 0) is 18.6 Å². The van der Waals surface area contributed by atoms with Crippen molar-refractivity contribution in [2.45, 2.75) is 13.3 Å². The van der Waals surface area contributed by atoms with Crippen molar-refractivity contribution in [2.24, 2.45) is 0 Å². The zero-order valence-electron chi connectivity index (χ0n) is 6.88. The Hall–Kier alpha value is -0.890. The van der Waals surface area contributed by atoms with E-state index >= 15 is 0 Å². The van der Waals surface area contributed by atoms with Crippen LogP contribution in [-0.2, 0) is 6.42 Å². The molecule has 2 N–H and O–H groups in total. The van der Waals surface area contributed by atoms with Gasteiger partial charge in [0, 0.05) is 18.3 Å². The molecule has 0 radical (unpaired) electrons. The number of nitrogens with two attached hydrogens (primary N) is 1. The molecule has 0 unspecified atom stereocenters. The summed E-state index contributed by atoms with van der Waals surface area (Å²) in [5.41, 5.74) is 2.46. The second kappa shape index (κ2) is 4.09. The maximum absolute atomic E-state index is 4.27. The summed E-state index contributed by atoms with van der Waals surface area (Å²) < 4.78 is 0. The standard InChI is InChI=1S/C9H14N2/c1-8-4-3-6-11-9(8)5-7-10-2/h3-4,6H,2,5,7,10H2,1H3. The Morgan fingerprint density at radius 2 is 2.45 bits per heavy atom. The molecular weight excluding hydrogens is 136 g/mol. The summed E-state index contributed by atoms with van der Waals surface area (Å²) in [5.74, 6) is 0. The first-order chi connectivity index (χ1) is 5.34. The molecule has 60 valence electrons. The van der Waals surface area contributed by atoms with Crippen LogP contribution < -0.4 is 5.32 Å². The summed E-state index contributed by atoms with van der Waals surface area (Å²) in [5, 5.41) is 1.92. The largest absolute Gasteiger partial charge is 0.479 e. The first-order valence-corrected chi connectivity index (χ1v) is 3.86. The molecular formula is C9H14N2. The lowest BCUT2D eigenvalue weighted by Gasteiger charge is -2.02. The summed E-state index contributed by atoms with van der Waals surface area (Å²) in [4.78, 5) is 4.27. The lowest BCUT2D eigenvalue weighted by molar-refractivity contribution is -0.595. The van der Waals surface area contributed by atoms with Gasteiger partial charge < -0.3 is 5.32 Å². The van der Waals surface area contributed by atoms with Crippen molar-refractivity contribution in [3.8, 4) is 0 Å². The second-order valence-corrected chi connectivity index (χ2v) is 2.59. The van der Waals surface area contributed by atoms with Gasteiger partial charge in [-0.15, -0.1) is 0 Å². The van der Waals surface area contributed by atoms with Crippen LogP contribution in [0.15, 0.2) is 18.3 Å². The van der Waals surface area contributed by atoms with E-state index in [2.05, 4.69) is 25.0 Å². The van der Waals surface area contributed by atoms with Crippen LogP contribution >= 0.6 is 0 Å². The summed E-state index contributed by atoms with van der Waals surface area (Å²) in [7, 11) is 3.68. The summed E-state index contributed by atoms with van der Waals surface area (Å²) in [6, 6.07) is 4.05. The van der Waals surface area contributed by atoms with E-state index in [1.165, 1.54) is 11.3 Å². The Labute approximate surface area is 67.7 Å². The van der Waals surface area contributed by atoms with Crippen molar-refractivity contribution in [2.75, 3.05) is 6.54 Å². The van der Waals surface area contributed by atoms with Gasteiger partial charge in [-0.25, -0.2) is 0 Å². The lowest BCUT2D eigenvalue weighted by atomic mass is 10.2. The van der Waals surface area contributed by atoms with Gasteiger partial charge >= 0.3 is 0 Å². The van der Waals surface area contributed by atoms with Crippen molar-refractivity contribution >= 4 is 0 Å². The van der Waals surface area contributed by atoms with E-state index in [0.717, 1.165) is 13.0 Å². The zero-order chi connectivity index (χ0) is 8.10. The number of pyridine rings is 1. The van der Waals surface area contributed by atoms with Gasteiger partial charge in [0.2, 0.25) is 0 Å². The van der Waals surface area contributed by atoms with Crippen LogP contribution in [0.4, 0.5) is 0 Å². The van der Waals surface area contributed by atoms with Crippen molar-refractivity contribution in [1.82, 2.24) is 4.98 Å². The third-order valence-electron chi connectivity index (χ3n) is 1.70. The smallest absolute Gasteiger partial charge is 0.0571 e. The first-order valence-electron chi connectivity index (χ1n) is 3.86. The molecule has 0 bridgehead atoms. The van der Waals surface area contributed by atoms with Gasteiger partial charge in [0.25, 0.3) is 0 Å². The molecule has 1 aromatic rings. The molecule has 0 atom stereocenters. The van der Waals surface area contributed by atoms with E-state index in [4.69, 9.17) is 0 Å². The molecule has 0 aliphatic carbocycles. The minimum Gasteiger partial charge on any atom is -0.479 e. The molecule has 0 aromatic carbocycles. The first kappa shape index (κ1) is 8.21. The van der Waals surface area contributed by atoms with E-state index < -0.39 is 0 Å². The van der Waals surface area contributed by atoms with E-state index in [9.17, 15) is 0 Å². The number of hydrogen-bond donors (Lipinski definition) is 1. The molecule has 0 spiro atoms. The Balaban J connectivity index is 2.62. The van der Waals surface area contributed by atoms with Crippen LogP contribution in [0.2, 0.25) is 0 Å². The number of rotatable bonds is 3. The van der Waals surface area contributed by atoms with Crippen LogP contribution in [0.5, 0.6) is 0 Å². The monoisotopic (exact) mass is 150 g/mol. The summed E-state index contributed by atoms with van der Waals surface area (Å²) >= 11 is 0. The fourth-order valence-corrected chi connectivity index (χ4v) is 1.02. The average Bonchev–Trinajstić information content (AvgIpc) is 2.03. The van der Waals surface area contributed by atoms with Crippen LogP contribution in [0.1, 0.15) is 11.3 Å². The van der Waals surface area contributed by atoms with Crippen LogP contribution in [0, 0.1) is 14.0 Å². The molecule has 0 aliphatic heterocycles. The molecule has 0 aliphatic rings. The fraction of sp³-hybridized carbons (Fsp3) is 0.333.